The van der Waals surface area contributed by atoms with Crippen molar-refractivity contribution in [2.24, 2.45) is 0 Å². The van der Waals surface area contributed by atoms with Gasteiger partial charge in [0.1, 0.15) is 18.6 Å². The number of hydrogen-bond donors (Lipinski definition) is 3. The molecule has 0 saturated carbocycles. The van der Waals surface area contributed by atoms with Gasteiger partial charge in [-0.25, -0.2) is 4.98 Å². The summed E-state index contributed by atoms with van der Waals surface area (Å²) in [5, 5.41) is 14.3. The van der Waals surface area contributed by atoms with Gasteiger partial charge in [0.15, 0.2) is 5.82 Å². The van der Waals surface area contributed by atoms with Gasteiger partial charge in [0.05, 0.1) is 24.7 Å². The van der Waals surface area contributed by atoms with Crippen LogP contribution in [0, 0.1) is 0 Å². The topological polar surface area (TPSA) is 105 Å². The maximum absolute atomic E-state index is 12.6. The van der Waals surface area contributed by atoms with Crippen LogP contribution in [0.25, 0.3) is 10.9 Å². The average Bonchev–Trinajstić information content (AvgIpc) is 3.53. The summed E-state index contributed by atoms with van der Waals surface area (Å²) in [4.78, 5) is 16.7. The van der Waals surface area contributed by atoms with Gasteiger partial charge in [0, 0.05) is 11.1 Å². The Labute approximate surface area is 196 Å². The van der Waals surface area contributed by atoms with Crippen LogP contribution in [0.4, 0.5) is 11.5 Å². The second-order valence-corrected chi connectivity index (χ2v) is 7.76. The third kappa shape index (κ3) is 5.24. The lowest BCUT2D eigenvalue weighted by Gasteiger charge is -2.08. The van der Waals surface area contributed by atoms with E-state index in [4.69, 9.17) is 9.15 Å². The molecule has 2 heterocycles. The molecule has 2 aromatic heterocycles. The third-order valence-corrected chi connectivity index (χ3v) is 5.27. The van der Waals surface area contributed by atoms with Crippen LogP contribution in [0.1, 0.15) is 17.0 Å². The molecule has 0 radical (unpaired) electrons. The molecular weight excluding hydrogens is 430 g/mol. The molecule has 1 amide bonds. The predicted molar refractivity (Wildman–Crippen MR) is 129 cm³/mol. The molecule has 0 atom stereocenters. The van der Waals surface area contributed by atoms with Gasteiger partial charge >= 0.3 is 0 Å². The SMILES string of the molecule is O=C(Cc1ccc(OCc2ccccc2)cc1)Nc1ccc2[nH]nc(NCc3ncco3)c2c1. The molecule has 0 unspecified atom stereocenters. The summed E-state index contributed by atoms with van der Waals surface area (Å²) >= 11 is 0. The van der Waals surface area contributed by atoms with E-state index in [1.165, 1.54) is 6.26 Å². The quantitative estimate of drug-likeness (QED) is 0.292. The lowest BCUT2D eigenvalue weighted by Crippen LogP contribution is -2.14. The van der Waals surface area contributed by atoms with Gasteiger partial charge < -0.3 is 19.8 Å². The number of aromatic amines is 1. The number of H-pyrrole nitrogens is 1. The van der Waals surface area contributed by atoms with E-state index in [0.29, 0.717) is 30.5 Å². The van der Waals surface area contributed by atoms with E-state index in [9.17, 15) is 4.79 Å². The molecule has 0 aliphatic rings. The first-order valence-corrected chi connectivity index (χ1v) is 10.9. The van der Waals surface area contributed by atoms with Crippen LogP contribution in [0.2, 0.25) is 0 Å². The minimum atomic E-state index is -0.102. The molecule has 170 valence electrons. The van der Waals surface area contributed by atoms with Gasteiger partial charge in [-0.05, 0) is 41.5 Å². The number of oxazole rings is 1. The Morgan fingerprint density at radius 2 is 1.85 bits per heavy atom. The third-order valence-electron chi connectivity index (χ3n) is 5.27. The van der Waals surface area contributed by atoms with E-state index >= 15 is 0 Å². The molecule has 0 aliphatic heterocycles. The number of aromatic nitrogens is 3. The van der Waals surface area contributed by atoms with Crippen LogP contribution in [0.3, 0.4) is 0 Å². The number of rotatable bonds is 9. The van der Waals surface area contributed by atoms with Crippen molar-refractivity contribution in [2.75, 3.05) is 10.6 Å². The van der Waals surface area contributed by atoms with Crippen molar-refractivity contribution >= 4 is 28.3 Å². The molecule has 8 heteroatoms. The highest BCUT2D eigenvalue weighted by molar-refractivity contribution is 5.97. The molecule has 3 aromatic carbocycles. The number of ether oxygens (including phenoxy) is 1. The fourth-order valence-electron chi connectivity index (χ4n) is 3.56. The van der Waals surface area contributed by atoms with Crippen molar-refractivity contribution in [3.8, 4) is 5.75 Å². The van der Waals surface area contributed by atoms with Crippen molar-refractivity contribution < 1.29 is 13.9 Å². The highest BCUT2D eigenvalue weighted by Gasteiger charge is 2.10. The zero-order chi connectivity index (χ0) is 23.2. The zero-order valence-electron chi connectivity index (χ0n) is 18.3. The van der Waals surface area contributed by atoms with Gasteiger partial charge in [-0.1, -0.05) is 42.5 Å². The first kappa shape index (κ1) is 21.3. The van der Waals surface area contributed by atoms with Gasteiger partial charge in [0.2, 0.25) is 11.8 Å². The fourth-order valence-corrected chi connectivity index (χ4v) is 3.56. The highest BCUT2D eigenvalue weighted by Crippen LogP contribution is 2.25. The summed E-state index contributed by atoms with van der Waals surface area (Å²) in [6.07, 6.45) is 3.38. The van der Waals surface area contributed by atoms with Crippen LogP contribution in [-0.4, -0.2) is 21.1 Å². The number of anilines is 2. The van der Waals surface area contributed by atoms with E-state index in [-0.39, 0.29) is 12.3 Å². The van der Waals surface area contributed by atoms with Crippen molar-refractivity contribution in [1.29, 1.82) is 0 Å². The Kier molecular flexibility index (Phi) is 6.20. The first-order valence-electron chi connectivity index (χ1n) is 10.9. The summed E-state index contributed by atoms with van der Waals surface area (Å²) in [6, 6.07) is 23.2. The van der Waals surface area contributed by atoms with E-state index in [1.54, 1.807) is 6.20 Å². The van der Waals surface area contributed by atoms with Crippen molar-refractivity contribution in [1.82, 2.24) is 15.2 Å². The second kappa shape index (κ2) is 9.91. The monoisotopic (exact) mass is 453 g/mol. The maximum Gasteiger partial charge on any atom is 0.228 e. The van der Waals surface area contributed by atoms with Gasteiger partial charge in [-0.3, -0.25) is 9.89 Å². The molecule has 5 aromatic rings. The Bertz CT molecular complexity index is 1360. The second-order valence-electron chi connectivity index (χ2n) is 7.76. The smallest absolute Gasteiger partial charge is 0.228 e. The van der Waals surface area contributed by atoms with Gasteiger partial charge in [-0.15, -0.1) is 0 Å². The summed E-state index contributed by atoms with van der Waals surface area (Å²) < 4.78 is 11.1. The largest absolute Gasteiger partial charge is 0.489 e. The standard InChI is InChI=1S/C26H23N5O3/c32-24(14-18-6-9-21(10-7-18)34-17-19-4-2-1-3-5-19)29-20-8-11-23-22(15-20)26(31-30-23)28-16-25-27-12-13-33-25/h1-13,15H,14,16-17H2,(H,29,32)(H2,28,30,31). The van der Waals surface area contributed by atoms with E-state index in [2.05, 4.69) is 25.8 Å². The predicted octanol–water partition coefficient (Wildman–Crippen LogP) is 4.92. The molecule has 0 aliphatic carbocycles. The Morgan fingerprint density at radius 1 is 1.00 bits per heavy atom. The number of amides is 1. The Hall–Kier alpha value is -4.59. The maximum atomic E-state index is 12.6. The minimum absolute atomic E-state index is 0.102. The summed E-state index contributed by atoms with van der Waals surface area (Å²) in [7, 11) is 0. The number of carbonyl (C=O) groups is 1. The molecule has 8 nitrogen and oxygen atoms in total. The summed E-state index contributed by atoms with van der Waals surface area (Å²) in [6.45, 7) is 0.917. The number of fused-ring (bicyclic) bond motifs is 1. The number of carbonyl (C=O) groups excluding carboxylic acids is 1. The fraction of sp³-hybridized carbons (Fsp3) is 0.115. The normalized spacial score (nSPS) is 10.8. The van der Waals surface area contributed by atoms with Crippen molar-refractivity contribution in [3.05, 3.63) is 102 Å². The van der Waals surface area contributed by atoms with Crippen LogP contribution in [0.5, 0.6) is 5.75 Å². The Morgan fingerprint density at radius 3 is 2.65 bits per heavy atom. The number of benzene rings is 3. The lowest BCUT2D eigenvalue weighted by molar-refractivity contribution is -0.115. The number of nitrogens with zero attached hydrogens (tertiary/aromatic N) is 2. The van der Waals surface area contributed by atoms with Crippen LogP contribution < -0.4 is 15.4 Å². The molecule has 34 heavy (non-hydrogen) atoms. The molecule has 5 rings (SSSR count). The average molecular weight is 454 g/mol. The number of nitrogens with one attached hydrogen (secondary N) is 3. The van der Waals surface area contributed by atoms with Crippen LogP contribution in [0.15, 0.2) is 89.7 Å². The van der Waals surface area contributed by atoms with Crippen molar-refractivity contribution in [3.63, 3.8) is 0 Å². The van der Waals surface area contributed by atoms with Gasteiger partial charge in [0.25, 0.3) is 0 Å². The number of hydrogen-bond acceptors (Lipinski definition) is 6. The van der Waals surface area contributed by atoms with E-state index in [1.807, 2.05) is 72.8 Å². The van der Waals surface area contributed by atoms with E-state index in [0.717, 1.165) is 27.8 Å². The molecule has 0 bridgehead atoms. The molecular formula is C26H23N5O3. The van der Waals surface area contributed by atoms with Crippen LogP contribution >= 0.6 is 0 Å². The summed E-state index contributed by atoms with van der Waals surface area (Å²) in [5.41, 5.74) is 3.57. The van der Waals surface area contributed by atoms with Crippen molar-refractivity contribution in [2.45, 2.75) is 19.6 Å². The first-order chi connectivity index (χ1) is 16.7. The zero-order valence-corrected chi connectivity index (χ0v) is 18.3. The van der Waals surface area contributed by atoms with Crippen LogP contribution in [-0.2, 0) is 24.4 Å². The van der Waals surface area contributed by atoms with E-state index < -0.39 is 0 Å². The molecule has 0 fully saturated rings. The Balaban J connectivity index is 1.17. The molecule has 3 N–H and O–H groups in total. The molecule has 0 spiro atoms. The van der Waals surface area contributed by atoms with Gasteiger partial charge in [-0.2, -0.15) is 5.10 Å². The minimum Gasteiger partial charge on any atom is -0.489 e. The highest BCUT2D eigenvalue weighted by atomic mass is 16.5. The summed E-state index contributed by atoms with van der Waals surface area (Å²) in [5.74, 6) is 1.89. The molecule has 0 saturated heterocycles. The lowest BCUT2D eigenvalue weighted by atomic mass is 10.1.